The molecule has 0 spiro atoms. The molecule has 0 bridgehead atoms. The maximum atomic E-state index is 13.2. The summed E-state index contributed by atoms with van der Waals surface area (Å²) in [5.41, 5.74) is 4.40. The summed E-state index contributed by atoms with van der Waals surface area (Å²) in [6.07, 6.45) is 0.807. The van der Waals surface area contributed by atoms with Crippen LogP contribution in [0.2, 0.25) is 0 Å². The van der Waals surface area contributed by atoms with Crippen LogP contribution in [0.5, 0.6) is 5.75 Å². The summed E-state index contributed by atoms with van der Waals surface area (Å²) in [6, 6.07) is 22.0. The van der Waals surface area contributed by atoms with Crippen molar-refractivity contribution in [2.45, 2.75) is 39.0 Å². The standard InChI is InChI=1S/C28H25NO4/c1-17-8-10-20(11-9-17)25-24(26(30)21-12-13-23-22(15-21)14-18(2)33-23)27(31)28(32)29(25)16-19-6-4-3-5-7-19/h3-13,15,18,25,30H,14,16H2,1-2H3/b26-24+. The largest absolute Gasteiger partial charge is 0.507 e. The molecule has 2 atom stereocenters. The number of carbonyl (C=O) groups is 2. The molecule has 2 heterocycles. The van der Waals surface area contributed by atoms with Gasteiger partial charge >= 0.3 is 0 Å². The number of ether oxygens (including phenoxy) is 1. The fourth-order valence-electron chi connectivity index (χ4n) is 4.64. The van der Waals surface area contributed by atoms with Crippen molar-refractivity contribution in [3.63, 3.8) is 0 Å². The maximum Gasteiger partial charge on any atom is 0.295 e. The molecule has 0 radical (unpaired) electrons. The molecule has 1 saturated heterocycles. The van der Waals surface area contributed by atoms with Gasteiger partial charge in [-0.2, -0.15) is 0 Å². The van der Waals surface area contributed by atoms with Crippen LogP contribution in [0.15, 0.2) is 78.4 Å². The van der Waals surface area contributed by atoms with Crippen molar-refractivity contribution in [3.8, 4) is 5.75 Å². The summed E-state index contributed by atoms with van der Waals surface area (Å²) in [4.78, 5) is 27.9. The Morgan fingerprint density at radius 2 is 1.76 bits per heavy atom. The lowest BCUT2D eigenvalue weighted by Crippen LogP contribution is -2.29. The normalized spacial score (nSPS) is 21.2. The first-order valence-electron chi connectivity index (χ1n) is 11.1. The Morgan fingerprint density at radius 3 is 2.48 bits per heavy atom. The first-order valence-corrected chi connectivity index (χ1v) is 11.1. The molecular weight excluding hydrogens is 414 g/mol. The van der Waals surface area contributed by atoms with E-state index in [1.54, 1.807) is 11.0 Å². The second kappa shape index (κ2) is 8.24. The van der Waals surface area contributed by atoms with Crippen molar-refractivity contribution in [1.82, 2.24) is 4.90 Å². The summed E-state index contributed by atoms with van der Waals surface area (Å²) in [5, 5.41) is 11.3. The van der Waals surface area contributed by atoms with Gasteiger partial charge in [0.05, 0.1) is 11.6 Å². The van der Waals surface area contributed by atoms with Crippen molar-refractivity contribution in [3.05, 3.63) is 106 Å². The van der Waals surface area contributed by atoms with Gasteiger partial charge in [-0.3, -0.25) is 9.59 Å². The SMILES string of the molecule is Cc1ccc(C2/C(=C(\O)c3ccc4c(c3)CC(C)O4)C(=O)C(=O)N2Cc2ccccc2)cc1. The highest BCUT2D eigenvalue weighted by Gasteiger charge is 2.46. The van der Waals surface area contributed by atoms with Crippen LogP contribution in [0.1, 0.15) is 40.8 Å². The number of hydrogen-bond donors (Lipinski definition) is 1. The number of fused-ring (bicyclic) bond motifs is 1. The van der Waals surface area contributed by atoms with Crippen LogP contribution in [0.25, 0.3) is 5.76 Å². The first-order chi connectivity index (χ1) is 15.9. The van der Waals surface area contributed by atoms with E-state index < -0.39 is 17.7 Å². The average Bonchev–Trinajstić information content (AvgIpc) is 3.31. The number of carbonyl (C=O) groups excluding carboxylic acids is 2. The highest BCUT2D eigenvalue weighted by molar-refractivity contribution is 6.46. The summed E-state index contributed by atoms with van der Waals surface area (Å²) in [5.74, 6) is -0.640. The molecule has 1 amide bonds. The average molecular weight is 440 g/mol. The third kappa shape index (κ3) is 3.80. The van der Waals surface area contributed by atoms with Gasteiger partial charge in [0.1, 0.15) is 17.6 Å². The lowest BCUT2D eigenvalue weighted by atomic mass is 9.94. The lowest BCUT2D eigenvalue weighted by Gasteiger charge is -2.25. The van der Waals surface area contributed by atoms with Gasteiger partial charge < -0.3 is 14.7 Å². The van der Waals surface area contributed by atoms with Crippen molar-refractivity contribution in [2.75, 3.05) is 0 Å². The zero-order valence-corrected chi connectivity index (χ0v) is 18.6. The number of ketones is 1. The number of rotatable bonds is 4. The van der Waals surface area contributed by atoms with Gasteiger partial charge in [0.25, 0.3) is 11.7 Å². The number of aliphatic hydroxyl groups excluding tert-OH is 1. The molecule has 5 rings (SSSR count). The molecule has 5 nitrogen and oxygen atoms in total. The van der Waals surface area contributed by atoms with Crippen molar-refractivity contribution >= 4 is 17.4 Å². The number of nitrogens with zero attached hydrogens (tertiary/aromatic N) is 1. The van der Waals surface area contributed by atoms with Gasteiger partial charge in [0.15, 0.2) is 0 Å². The number of Topliss-reactive ketones (excluding diaryl/α,β-unsaturated/α-hetero) is 1. The number of hydrogen-bond acceptors (Lipinski definition) is 4. The molecular formula is C28H25NO4. The first kappa shape index (κ1) is 21.0. The number of benzene rings is 3. The number of aryl methyl sites for hydroxylation is 1. The molecule has 1 fully saturated rings. The zero-order chi connectivity index (χ0) is 23.1. The zero-order valence-electron chi connectivity index (χ0n) is 18.6. The summed E-state index contributed by atoms with van der Waals surface area (Å²) >= 11 is 0. The van der Waals surface area contributed by atoms with Gasteiger partial charge in [-0.1, -0.05) is 60.2 Å². The summed E-state index contributed by atoms with van der Waals surface area (Å²) in [6.45, 7) is 4.25. The molecule has 3 aromatic rings. The van der Waals surface area contributed by atoms with Gasteiger partial charge in [-0.25, -0.2) is 0 Å². The van der Waals surface area contributed by atoms with E-state index in [9.17, 15) is 14.7 Å². The minimum atomic E-state index is -0.672. The Kier molecular flexibility index (Phi) is 5.25. The summed E-state index contributed by atoms with van der Waals surface area (Å²) < 4.78 is 5.76. The quantitative estimate of drug-likeness (QED) is 0.355. The Labute approximate surface area is 192 Å². The topological polar surface area (TPSA) is 66.8 Å². The third-order valence-electron chi connectivity index (χ3n) is 6.30. The van der Waals surface area contributed by atoms with Crippen LogP contribution >= 0.6 is 0 Å². The van der Waals surface area contributed by atoms with Gasteiger partial charge in [-0.15, -0.1) is 0 Å². The molecule has 1 N–H and O–H groups in total. The van der Waals surface area contributed by atoms with Crippen LogP contribution in [0.3, 0.4) is 0 Å². The van der Waals surface area contributed by atoms with E-state index in [2.05, 4.69) is 0 Å². The van der Waals surface area contributed by atoms with E-state index in [1.165, 1.54) is 0 Å². The van der Waals surface area contributed by atoms with Crippen LogP contribution in [-0.4, -0.2) is 27.8 Å². The van der Waals surface area contributed by atoms with Gasteiger partial charge in [0, 0.05) is 18.5 Å². The van der Waals surface area contributed by atoms with E-state index in [1.807, 2.05) is 80.6 Å². The second-order valence-electron chi connectivity index (χ2n) is 8.78. The van der Waals surface area contributed by atoms with E-state index in [0.29, 0.717) is 5.56 Å². The minimum absolute atomic E-state index is 0.0707. The highest BCUT2D eigenvalue weighted by atomic mass is 16.5. The fraction of sp³-hybridized carbons (Fsp3) is 0.214. The Balaban J connectivity index is 1.62. The minimum Gasteiger partial charge on any atom is -0.507 e. The molecule has 5 heteroatoms. The predicted molar refractivity (Wildman–Crippen MR) is 126 cm³/mol. The second-order valence-corrected chi connectivity index (χ2v) is 8.78. The van der Waals surface area contributed by atoms with Crippen molar-refractivity contribution < 1.29 is 19.4 Å². The molecule has 0 aromatic heterocycles. The molecule has 166 valence electrons. The van der Waals surface area contributed by atoms with E-state index >= 15 is 0 Å². The van der Waals surface area contributed by atoms with Gasteiger partial charge in [0.2, 0.25) is 0 Å². The van der Waals surface area contributed by atoms with Crippen LogP contribution in [0, 0.1) is 6.92 Å². The molecule has 2 aliphatic rings. The molecule has 3 aromatic carbocycles. The third-order valence-corrected chi connectivity index (χ3v) is 6.30. The monoisotopic (exact) mass is 439 g/mol. The Hall–Kier alpha value is -3.86. The number of aliphatic hydroxyl groups is 1. The lowest BCUT2D eigenvalue weighted by molar-refractivity contribution is -0.140. The van der Waals surface area contributed by atoms with Crippen LogP contribution in [-0.2, 0) is 22.6 Å². The van der Waals surface area contributed by atoms with Crippen molar-refractivity contribution in [2.24, 2.45) is 0 Å². The van der Waals surface area contributed by atoms with E-state index in [0.717, 1.165) is 34.4 Å². The molecule has 0 saturated carbocycles. The molecule has 0 aliphatic carbocycles. The van der Waals surface area contributed by atoms with Crippen molar-refractivity contribution in [1.29, 1.82) is 0 Å². The number of amides is 1. The molecule has 33 heavy (non-hydrogen) atoms. The Morgan fingerprint density at radius 1 is 1.03 bits per heavy atom. The smallest absolute Gasteiger partial charge is 0.295 e. The molecule has 2 unspecified atom stereocenters. The number of likely N-dealkylation sites (tertiary alicyclic amines) is 1. The van der Waals surface area contributed by atoms with E-state index in [-0.39, 0.29) is 24.0 Å². The van der Waals surface area contributed by atoms with E-state index in [4.69, 9.17) is 4.74 Å². The van der Waals surface area contributed by atoms with Crippen LogP contribution in [0.4, 0.5) is 0 Å². The summed E-state index contributed by atoms with van der Waals surface area (Å²) in [7, 11) is 0. The van der Waals surface area contributed by atoms with Crippen LogP contribution < -0.4 is 4.74 Å². The maximum absolute atomic E-state index is 13.2. The highest BCUT2D eigenvalue weighted by Crippen LogP contribution is 2.41. The predicted octanol–water partition coefficient (Wildman–Crippen LogP) is 4.94. The fourth-order valence-corrected chi connectivity index (χ4v) is 4.64. The van der Waals surface area contributed by atoms with Gasteiger partial charge in [-0.05, 0) is 48.7 Å². The molecule has 2 aliphatic heterocycles. The Bertz CT molecular complexity index is 1260.